The van der Waals surface area contributed by atoms with Crippen molar-refractivity contribution in [3.8, 4) is 11.1 Å². The quantitative estimate of drug-likeness (QED) is 0.831. The van der Waals surface area contributed by atoms with Gasteiger partial charge in [0.05, 0.1) is 8.07 Å². The highest BCUT2D eigenvalue weighted by Gasteiger charge is 2.22. The Morgan fingerprint density at radius 2 is 1.53 bits per heavy atom. The summed E-state index contributed by atoms with van der Waals surface area (Å²) in [6.07, 6.45) is 0. The molecule has 0 aromatic heterocycles. The lowest BCUT2D eigenvalue weighted by Crippen LogP contribution is -2.42. The summed E-state index contributed by atoms with van der Waals surface area (Å²) in [6, 6.07) is 15.9. The van der Waals surface area contributed by atoms with E-state index < -0.39 is 15.2 Å². The highest BCUT2D eigenvalue weighted by Crippen LogP contribution is 2.17. The molecule has 0 saturated heterocycles. The Bertz CT molecular complexity index is 562. The molecule has 4 heteroatoms. The van der Waals surface area contributed by atoms with E-state index in [-0.39, 0.29) is 0 Å². The predicted molar refractivity (Wildman–Crippen MR) is 84.7 cm³/mol. The fourth-order valence-corrected chi connectivity index (χ4v) is 3.30. The highest BCUT2D eigenvalue weighted by atomic mass is 28.3. The Balaban J connectivity index is 2.57. The molecule has 2 rings (SSSR count). The van der Waals surface area contributed by atoms with Gasteiger partial charge in [0.2, 0.25) is 0 Å². The van der Waals surface area contributed by atoms with Crippen LogP contribution in [-0.2, 0) is 0 Å². The maximum atomic E-state index is 9.63. The molecule has 2 aromatic rings. The normalized spacial score (nSPS) is 11.4. The van der Waals surface area contributed by atoms with Gasteiger partial charge in [-0.15, -0.1) is 0 Å². The van der Waals surface area contributed by atoms with Crippen molar-refractivity contribution >= 4 is 25.8 Å². The van der Waals surface area contributed by atoms with Crippen LogP contribution >= 0.6 is 0 Å². The molecule has 0 atom stereocenters. The monoisotopic (exact) mass is 270 g/mol. The van der Waals surface area contributed by atoms with Gasteiger partial charge in [0, 0.05) is 0 Å². The van der Waals surface area contributed by atoms with Gasteiger partial charge >= 0.3 is 7.12 Å². The molecular weight excluding hydrogens is 251 g/mol. The number of hydrogen-bond acceptors (Lipinski definition) is 2. The molecule has 0 unspecified atom stereocenters. The third-order valence-electron chi connectivity index (χ3n) is 3.28. The van der Waals surface area contributed by atoms with Gasteiger partial charge in [-0.05, 0) is 16.6 Å². The lowest BCUT2D eigenvalue weighted by atomic mass is 9.75. The standard InChI is InChI=1S/C15H19BO2Si/c1-19(2,3)13-9-10-14(15(11-13)16(17)18)12-7-5-4-6-8-12/h4-11,17-18H,1-3H3. The number of hydrogen-bond donors (Lipinski definition) is 2. The van der Waals surface area contributed by atoms with Crippen LogP contribution in [0.5, 0.6) is 0 Å². The Morgan fingerprint density at radius 1 is 0.895 bits per heavy atom. The van der Waals surface area contributed by atoms with E-state index in [1.807, 2.05) is 42.5 Å². The summed E-state index contributed by atoms with van der Waals surface area (Å²) in [5, 5.41) is 20.5. The van der Waals surface area contributed by atoms with Crippen LogP contribution in [0, 0.1) is 0 Å². The second-order valence-electron chi connectivity index (χ2n) is 5.79. The SMILES string of the molecule is C[Si](C)(C)c1ccc(-c2ccccc2)c(B(O)O)c1. The van der Waals surface area contributed by atoms with Gasteiger partial charge in [0.25, 0.3) is 0 Å². The summed E-state index contributed by atoms with van der Waals surface area (Å²) in [5.74, 6) is 0. The number of benzene rings is 2. The van der Waals surface area contributed by atoms with Crippen LogP contribution < -0.4 is 10.6 Å². The molecule has 2 N–H and O–H groups in total. The van der Waals surface area contributed by atoms with E-state index in [0.717, 1.165) is 11.1 Å². The molecule has 0 aliphatic rings. The van der Waals surface area contributed by atoms with Crippen LogP contribution in [0.2, 0.25) is 19.6 Å². The summed E-state index contributed by atoms with van der Waals surface area (Å²) < 4.78 is 0. The first-order chi connectivity index (χ1) is 8.89. The van der Waals surface area contributed by atoms with Gasteiger partial charge in [0.1, 0.15) is 0 Å². The minimum atomic E-state index is -1.46. The molecular formula is C15H19BO2Si. The van der Waals surface area contributed by atoms with Gasteiger partial charge < -0.3 is 10.0 Å². The van der Waals surface area contributed by atoms with E-state index in [9.17, 15) is 10.0 Å². The van der Waals surface area contributed by atoms with Crippen molar-refractivity contribution in [3.63, 3.8) is 0 Å². The zero-order chi connectivity index (χ0) is 14.0. The minimum Gasteiger partial charge on any atom is -0.423 e. The molecule has 0 aliphatic heterocycles. The van der Waals surface area contributed by atoms with E-state index >= 15 is 0 Å². The molecule has 0 bridgehead atoms. The summed E-state index contributed by atoms with van der Waals surface area (Å²) in [6.45, 7) is 6.74. The first-order valence-corrected chi connectivity index (χ1v) is 9.95. The van der Waals surface area contributed by atoms with E-state index in [4.69, 9.17) is 0 Å². The average molecular weight is 270 g/mol. The molecule has 98 valence electrons. The fourth-order valence-electron chi connectivity index (χ4n) is 2.12. The van der Waals surface area contributed by atoms with Crippen molar-refractivity contribution in [2.24, 2.45) is 0 Å². The lowest BCUT2D eigenvalue weighted by Gasteiger charge is -2.19. The molecule has 0 amide bonds. The molecule has 0 spiro atoms. The fraction of sp³-hybridized carbons (Fsp3) is 0.200. The van der Waals surface area contributed by atoms with Crippen molar-refractivity contribution in [1.29, 1.82) is 0 Å². The van der Waals surface area contributed by atoms with Crippen LogP contribution in [0.3, 0.4) is 0 Å². The smallest absolute Gasteiger partial charge is 0.423 e. The maximum Gasteiger partial charge on any atom is 0.489 e. The zero-order valence-electron chi connectivity index (χ0n) is 11.6. The third-order valence-corrected chi connectivity index (χ3v) is 5.32. The topological polar surface area (TPSA) is 40.5 Å². The predicted octanol–water partition coefficient (Wildman–Crippen LogP) is 1.58. The molecule has 0 saturated carbocycles. The van der Waals surface area contributed by atoms with Crippen LogP contribution in [-0.4, -0.2) is 25.2 Å². The van der Waals surface area contributed by atoms with Gasteiger partial charge in [0.15, 0.2) is 0 Å². The zero-order valence-corrected chi connectivity index (χ0v) is 12.6. The van der Waals surface area contributed by atoms with Crippen molar-refractivity contribution < 1.29 is 10.0 Å². The largest absolute Gasteiger partial charge is 0.489 e. The summed E-state index contributed by atoms with van der Waals surface area (Å²) >= 11 is 0. The van der Waals surface area contributed by atoms with Gasteiger partial charge in [-0.3, -0.25) is 0 Å². The molecule has 2 nitrogen and oxygen atoms in total. The van der Waals surface area contributed by atoms with E-state index in [0.29, 0.717) is 5.46 Å². The maximum absolute atomic E-state index is 9.63. The Kier molecular flexibility index (Phi) is 3.94. The third kappa shape index (κ3) is 3.15. The molecule has 2 aromatic carbocycles. The first-order valence-electron chi connectivity index (χ1n) is 6.45. The van der Waals surface area contributed by atoms with Crippen molar-refractivity contribution in [3.05, 3.63) is 48.5 Å². The summed E-state index contributed by atoms with van der Waals surface area (Å²) in [7, 11) is -2.90. The highest BCUT2D eigenvalue weighted by molar-refractivity contribution is 6.89. The van der Waals surface area contributed by atoms with E-state index in [1.165, 1.54) is 5.19 Å². The Hall–Kier alpha value is -1.36. The Morgan fingerprint density at radius 3 is 2.05 bits per heavy atom. The van der Waals surface area contributed by atoms with Gasteiger partial charge in [-0.25, -0.2) is 0 Å². The van der Waals surface area contributed by atoms with E-state index in [1.54, 1.807) is 0 Å². The summed E-state index contributed by atoms with van der Waals surface area (Å²) in [4.78, 5) is 0. The molecule has 0 heterocycles. The average Bonchev–Trinajstić information content (AvgIpc) is 2.38. The van der Waals surface area contributed by atoms with Crippen LogP contribution in [0.4, 0.5) is 0 Å². The second kappa shape index (κ2) is 5.33. The molecule has 0 radical (unpaired) electrons. The molecule has 19 heavy (non-hydrogen) atoms. The van der Waals surface area contributed by atoms with Gasteiger partial charge in [-0.2, -0.15) is 0 Å². The lowest BCUT2D eigenvalue weighted by molar-refractivity contribution is 0.426. The van der Waals surface area contributed by atoms with Crippen molar-refractivity contribution in [1.82, 2.24) is 0 Å². The molecule has 0 fully saturated rings. The van der Waals surface area contributed by atoms with Crippen LogP contribution in [0.15, 0.2) is 48.5 Å². The number of rotatable bonds is 3. The first kappa shape index (κ1) is 14.1. The molecule has 0 aliphatic carbocycles. The van der Waals surface area contributed by atoms with Crippen molar-refractivity contribution in [2.75, 3.05) is 0 Å². The second-order valence-corrected chi connectivity index (χ2v) is 10.9. The van der Waals surface area contributed by atoms with E-state index in [2.05, 4.69) is 25.7 Å². The van der Waals surface area contributed by atoms with Gasteiger partial charge in [-0.1, -0.05) is 73.4 Å². The van der Waals surface area contributed by atoms with Crippen molar-refractivity contribution in [2.45, 2.75) is 19.6 Å². The minimum absolute atomic E-state index is 0.589. The Labute approximate surface area is 115 Å². The van der Waals surface area contributed by atoms with Crippen LogP contribution in [0.1, 0.15) is 0 Å². The summed E-state index contributed by atoms with van der Waals surface area (Å²) in [5.41, 5.74) is 2.48. The van der Waals surface area contributed by atoms with Crippen LogP contribution in [0.25, 0.3) is 11.1 Å².